The molecule has 0 amide bonds. The van der Waals surface area contributed by atoms with Gasteiger partial charge in [0.25, 0.3) is 0 Å². The molecule has 8 atom stereocenters. The van der Waals surface area contributed by atoms with Gasteiger partial charge < -0.3 is 0 Å². The van der Waals surface area contributed by atoms with Gasteiger partial charge in [-0.3, -0.25) is 9.59 Å². The summed E-state index contributed by atoms with van der Waals surface area (Å²) >= 11 is 0. The van der Waals surface area contributed by atoms with Gasteiger partial charge in [0.15, 0.2) is 0 Å². The molecule has 4 saturated carbocycles. The van der Waals surface area contributed by atoms with Crippen LogP contribution in [0.2, 0.25) is 0 Å². The number of hydrogen-bond acceptors (Lipinski definition) is 2. The Kier molecular flexibility index (Phi) is 5.79. The van der Waals surface area contributed by atoms with Crippen molar-refractivity contribution in [1.82, 2.24) is 0 Å². The Morgan fingerprint density at radius 3 is 2.34 bits per heavy atom. The SMILES string of the molecule is CC(C)CCC[C@H](C)[C@@H]1CC[C@@H]2[C@H]3CC(=O)[C@H]4CC(=O)CC[C@]4(C)[C@@H]3CC[C@@]21C. The predicted octanol–water partition coefficient (Wildman–Crippen LogP) is 6.86. The molecule has 0 aromatic carbocycles. The van der Waals surface area contributed by atoms with Gasteiger partial charge in [-0.1, -0.05) is 53.9 Å². The topological polar surface area (TPSA) is 34.1 Å². The van der Waals surface area contributed by atoms with E-state index in [1.807, 2.05) is 0 Å². The summed E-state index contributed by atoms with van der Waals surface area (Å²) in [5, 5.41) is 0. The number of hydrogen-bond donors (Lipinski definition) is 0. The molecule has 164 valence electrons. The monoisotopic (exact) mass is 400 g/mol. The van der Waals surface area contributed by atoms with E-state index in [1.54, 1.807) is 0 Å². The third-order valence-corrected chi connectivity index (χ3v) is 10.5. The van der Waals surface area contributed by atoms with E-state index in [2.05, 4.69) is 34.6 Å². The van der Waals surface area contributed by atoms with Crippen LogP contribution in [0.1, 0.15) is 105 Å². The Bertz CT molecular complexity index is 651. The van der Waals surface area contributed by atoms with E-state index in [1.165, 1.54) is 44.9 Å². The van der Waals surface area contributed by atoms with Crippen LogP contribution < -0.4 is 0 Å². The second-order valence-electron chi connectivity index (χ2n) is 12.4. The number of carbonyl (C=O) groups excluding carboxylic acids is 2. The zero-order valence-electron chi connectivity index (χ0n) is 19.6. The van der Waals surface area contributed by atoms with Gasteiger partial charge in [-0.2, -0.15) is 0 Å². The van der Waals surface area contributed by atoms with Gasteiger partial charge in [0, 0.05) is 25.2 Å². The van der Waals surface area contributed by atoms with E-state index >= 15 is 0 Å². The average molecular weight is 401 g/mol. The lowest BCUT2D eigenvalue weighted by Gasteiger charge is -2.59. The molecule has 0 N–H and O–H groups in total. The van der Waals surface area contributed by atoms with Crippen LogP contribution in [0.15, 0.2) is 0 Å². The molecule has 0 aromatic heterocycles. The minimum absolute atomic E-state index is 0.0292. The van der Waals surface area contributed by atoms with Crippen molar-refractivity contribution >= 4 is 11.6 Å². The number of carbonyl (C=O) groups is 2. The van der Waals surface area contributed by atoms with Crippen molar-refractivity contribution in [1.29, 1.82) is 0 Å². The maximum Gasteiger partial charge on any atom is 0.137 e. The summed E-state index contributed by atoms with van der Waals surface area (Å²) in [6, 6.07) is 0. The van der Waals surface area contributed by atoms with Gasteiger partial charge in [0.2, 0.25) is 0 Å². The quantitative estimate of drug-likeness (QED) is 0.505. The van der Waals surface area contributed by atoms with Crippen molar-refractivity contribution in [2.45, 2.75) is 105 Å². The first-order chi connectivity index (χ1) is 13.7. The predicted molar refractivity (Wildman–Crippen MR) is 118 cm³/mol. The summed E-state index contributed by atoms with van der Waals surface area (Å²) in [6.45, 7) is 12.2. The largest absolute Gasteiger partial charge is 0.300 e. The fourth-order valence-corrected chi connectivity index (χ4v) is 8.86. The highest BCUT2D eigenvalue weighted by atomic mass is 16.1. The number of ketones is 2. The minimum atomic E-state index is 0.0292. The van der Waals surface area contributed by atoms with E-state index in [4.69, 9.17) is 0 Å². The van der Waals surface area contributed by atoms with Crippen molar-refractivity contribution in [3.63, 3.8) is 0 Å². The van der Waals surface area contributed by atoms with Gasteiger partial charge in [0.1, 0.15) is 11.6 Å². The molecule has 2 heteroatoms. The van der Waals surface area contributed by atoms with Crippen molar-refractivity contribution in [2.24, 2.45) is 52.3 Å². The molecular formula is C27H44O2. The fourth-order valence-electron chi connectivity index (χ4n) is 8.86. The summed E-state index contributed by atoms with van der Waals surface area (Å²) in [6.07, 6.45) is 12.4. The van der Waals surface area contributed by atoms with Crippen LogP contribution in [-0.2, 0) is 9.59 Å². The standard InChI is InChI=1S/C27H44O2/c1-17(2)7-6-8-18(3)21-9-10-22-20-16-25(29)24-15-19(28)11-13-27(24,5)23(20)12-14-26(21,22)4/h17-18,20-24H,6-16H2,1-5H3/t18-,20+,21-,22+,23+,24+,26+,27+/m0/s1. The van der Waals surface area contributed by atoms with Crippen LogP contribution in [0.5, 0.6) is 0 Å². The molecule has 4 fully saturated rings. The highest BCUT2D eigenvalue weighted by molar-refractivity contribution is 5.90. The van der Waals surface area contributed by atoms with Crippen molar-refractivity contribution in [2.75, 3.05) is 0 Å². The van der Waals surface area contributed by atoms with Gasteiger partial charge >= 0.3 is 0 Å². The van der Waals surface area contributed by atoms with Crippen LogP contribution in [0.4, 0.5) is 0 Å². The molecule has 0 bridgehead atoms. The first-order valence-corrected chi connectivity index (χ1v) is 12.7. The van der Waals surface area contributed by atoms with Crippen molar-refractivity contribution < 1.29 is 9.59 Å². The van der Waals surface area contributed by atoms with Crippen LogP contribution in [0.3, 0.4) is 0 Å². The molecule has 4 aliphatic carbocycles. The lowest BCUT2D eigenvalue weighted by molar-refractivity contribution is -0.159. The van der Waals surface area contributed by atoms with Gasteiger partial charge in [-0.15, -0.1) is 0 Å². The van der Waals surface area contributed by atoms with Crippen molar-refractivity contribution in [3.8, 4) is 0 Å². The Labute approximate surface area is 179 Å². The third-order valence-electron chi connectivity index (χ3n) is 10.5. The molecule has 0 unspecified atom stereocenters. The number of fused-ring (bicyclic) bond motifs is 5. The molecule has 0 aromatic rings. The summed E-state index contributed by atoms with van der Waals surface area (Å²) < 4.78 is 0. The normalized spacial score (nSPS) is 45.7. The highest BCUT2D eigenvalue weighted by Crippen LogP contribution is 2.67. The second-order valence-corrected chi connectivity index (χ2v) is 12.4. The molecule has 0 saturated heterocycles. The zero-order valence-corrected chi connectivity index (χ0v) is 19.6. The fraction of sp³-hybridized carbons (Fsp3) is 0.926. The molecule has 0 radical (unpaired) electrons. The maximum absolute atomic E-state index is 13.2. The lowest BCUT2D eigenvalue weighted by atomic mass is 9.44. The van der Waals surface area contributed by atoms with E-state index in [0.717, 1.165) is 36.5 Å². The first kappa shape index (κ1) is 21.6. The molecule has 0 spiro atoms. The maximum atomic E-state index is 13.2. The molecule has 4 aliphatic rings. The summed E-state index contributed by atoms with van der Waals surface area (Å²) in [5.41, 5.74) is 0.530. The smallest absolute Gasteiger partial charge is 0.137 e. The molecule has 4 rings (SSSR count). The van der Waals surface area contributed by atoms with Gasteiger partial charge in [-0.25, -0.2) is 0 Å². The van der Waals surface area contributed by atoms with E-state index in [0.29, 0.717) is 41.7 Å². The Morgan fingerprint density at radius 1 is 0.897 bits per heavy atom. The second kappa shape index (κ2) is 7.79. The molecule has 29 heavy (non-hydrogen) atoms. The van der Waals surface area contributed by atoms with Crippen LogP contribution in [0, 0.1) is 52.3 Å². The van der Waals surface area contributed by atoms with E-state index < -0.39 is 0 Å². The summed E-state index contributed by atoms with van der Waals surface area (Å²) in [4.78, 5) is 25.3. The van der Waals surface area contributed by atoms with Gasteiger partial charge in [0.05, 0.1) is 0 Å². The number of Topliss-reactive ketones (excluding diaryl/α,β-unsaturated/α-hetero) is 2. The third kappa shape index (κ3) is 3.55. The van der Waals surface area contributed by atoms with Crippen LogP contribution >= 0.6 is 0 Å². The molecule has 0 heterocycles. The molecule has 2 nitrogen and oxygen atoms in total. The molecular weight excluding hydrogens is 356 g/mol. The Hall–Kier alpha value is -0.660. The van der Waals surface area contributed by atoms with Crippen LogP contribution in [0.25, 0.3) is 0 Å². The van der Waals surface area contributed by atoms with Gasteiger partial charge in [-0.05, 0) is 78.4 Å². The highest BCUT2D eigenvalue weighted by Gasteiger charge is 2.62. The summed E-state index contributed by atoms with van der Waals surface area (Å²) in [7, 11) is 0. The van der Waals surface area contributed by atoms with Crippen LogP contribution in [-0.4, -0.2) is 11.6 Å². The van der Waals surface area contributed by atoms with Crippen molar-refractivity contribution in [3.05, 3.63) is 0 Å². The lowest BCUT2D eigenvalue weighted by Crippen LogP contribution is -2.56. The number of rotatable bonds is 5. The first-order valence-electron chi connectivity index (χ1n) is 12.7. The minimum Gasteiger partial charge on any atom is -0.300 e. The average Bonchev–Trinajstić information content (AvgIpc) is 3.00. The molecule has 0 aliphatic heterocycles. The van der Waals surface area contributed by atoms with E-state index in [9.17, 15) is 9.59 Å². The zero-order chi connectivity index (χ0) is 21.0. The Morgan fingerprint density at radius 2 is 1.62 bits per heavy atom. The van der Waals surface area contributed by atoms with E-state index in [-0.39, 0.29) is 11.3 Å². The Balaban J connectivity index is 1.51. The summed E-state index contributed by atoms with van der Waals surface area (Å²) in [5.74, 6) is 5.25.